The van der Waals surface area contributed by atoms with Crippen LogP contribution in [0.3, 0.4) is 0 Å². The number of rotatable bonds is 20. The normalized spacial score (nSPS) is 13.9. The molecule has 8 aromatic carbocycles. The zero-order valence-corrected chi connectivity index (χ0v) is 39.4. The number of nitrogens with one attached hydrogen (secondary N) is 2. The van der Waals surface area contributed by atoms with Crippen LogP contribution in [0.4, 0.5) is 0 Å². The molecule has 0 radical (unpaired) electrons. The maximum absolute atomic E-state index is 14.1. The molecule has 10 heteroatoms. The minimum atomic E-state index is -1.62. The number of fused-ring (bicyclic) bond motifs is 2. The highest BCUT2D eigenvalue weighted by atomic mass is 16.5. The Balaban J connectivity index is 1.10. The molecular formula is C59H58N2O8. The molecule has 0 saturated carbocycles. The molecule has 4 N–H and O–H groups in total. The van der Waals surface area contributed by atoms with Crippen LogP contribution >= 0.6 is 0 Å². The Morgan fingerprint density at radius 1 is 0.435 bits per heavy atom. The van der Waals surface area contributed by atoms with Gasteiger partial charge in [0.2, 0.25) is 11.8 Å². The molecule has 69 heavy (non-hydrogen) atoms. The molecule has 0 bridgehead atoms. The van der Waals surface area contributed by atoms with Crippen molar-refractivity contribution in [2.45, 2.75) is 42.3 Å². The molecule has 2 amide bonds. The molecule has 0 aliphatic heterocycles. The highest BCUT2D eigenvalue weighted by Crippen LogP contribution is 2.43. The van der Waals surface area contributed by atoms with E-state index in [0.29, 0.717) is 23.0 Å². The monoisotopic (exact) mass is 922 g/mol. The molecule has 10 nitrogen and oxygen atoms in total. The number of methoxy groups -OCH3 is 4. The van der Waals surface area contributed by atoms with Crippen molar-refractivity contribution >= 4 is 33.4 Å². The first kappa shape index (κ1) is 47.8. The third-order valence-corrected chi connectivity index (χ3v) is 13.1. The predicted octanol–water partition coefficient (Wildman–Crippen LogP) is 9.56. The Kier molecular flexibility index (Phi) is 14.9. The lowest BCUT2D eigenvalue weighted by Gasteiger charge is -2.38. The van der Waals surface area contributed by atoms with Crippen LogP contribution in [0.25, 0.3) is 21.5 Å². The first-order valence-electron chi connectivity index (χ1n) is 23.0. The van der Waals surface area contributed by atoms with E-state index in [2.05, 4.69) is 10.6 Å². The molecule has 4 unspecified atom stereocenters. The average molecular weight is 923 g/mol. The molecule has 0 aromatic heterocycles. The molecule has 0 aliphatic rings. The molecule has 4 atom stereocenters. The Labute approximate surface area is 403 Å². The molecule has 8 rings (SSSR count). The van der Waals surface area contributed by atoms with Crippen LogP contribution in [0, 0.1) is 0 Å². The maximum atomic E-state index is 14.1. The summed E-state index contributed by atoms with van der Waals surface area (Å²) in [5.41, 5.74) is 1.75. The number of amides is 2. The summed E-state index contributed by atoms with van der Waals surface area (Å²) in [5.74, 6) is 0.188. The van der Waals surface area contributed by atoms with Crippen LogP contribution in [0.2, 0.25) is 0 Å². The van der Waals surface area contributed by atoms with Crippen molar-refractivity contribution in [1.29, 1.82) is 0 Å². The number of hydrogen-bond acceptors (Lipinski definition) is 8. The van der Waals surface area contributed by atoms with E-state index in [9.17, 15) is 19.8 Å². The highest BCUT2D eigenvalue weighted by Gasteiger charge is 2.42. The minimum absolute atomic E-state index is 0.142. The van der Waals surface area contributed by atoms with Gasteiger partial charge in [-0.05, 0) is 103 Å². The van der Waals surface area contributed by atoms with Crippen molar-refractivity contribution in [2.75, 3.05) is 41.5 Å². The van der Waals surface area contributed by atoms with Gasteiger partial charge in [0, 0.05) is 37.8 Å². The van der Waals surface area contributed by atoms with Crippen molar-refractivity contribution < 1.29 is 38.7 Å². The average Bonchev–Trinajstić information content (AvgIpc) is 3.38. The standard InChI is InChI=1S/C59H58N2O8/c1-66-46-27-19-40(20-28-46)36-58(64,56(44-23-31-48(68-3)32-24-44)52-17-9-13-42-11-5-7-15-50(42)52)38-60-54(62)35-55(63)61-39-59(65,37-41-21-29-47(67-2)30-22-41)57(45-25-33-49(69-4)34-26-45)53-18-10-14-43-12-6-8-16-51(43)53/h5-34,56-57,64-65H,35-39H2,1-4H3,(H,60,62)(H,61,63). The fraction of sp³-hybridized carbons (Fsp3) is 0.220. The van der Waals surface area contributed by atoms with Crippen LogP contribution in [0.5, 0.6) is 23.0 Å². The number of hydrogen-bond donors (Lipinski definition) is 4. The van der Waals surface area contributed by atoms with Crippen LogP contribution in [-0.2, 0) is 22.4 Å². The fourth-order valence-corrected chi connectivity index (χ4v) is 9.66. The van der Waals surface area contributed by atoms with Crippen molar-refractivity contribution in [1.82, 2.24) is 10.6 Å². The number of carbonyl (C=O) groups excluding carboxylic acids is 2. The van der Waals surface area contributed by atoms with E-state index in [0.717, 1.165) is 54.9 Å². The van der Waals surface area contributed by atoms with Crippen molar-refractivity contribution in [3.63, 3.8) is 0 Å². The number of benzene rings is 8. The number of ether oxygens (including phenoxy) is 4. The summed E-state index contributed by atoms with van der Waals surface area (Å²) in [6, 6.07) is 58.2. The first-order valence-corrected chi connectivity index (χ1v) is 23.0. The lowest BCUT2D eigenvalue weighted by atomic mass is 9.73. The van der Waals surface area contributed by atoms with Gasteiger partial charge in [-0.1, -0.05) is 133 Å². The number of aliphatic hydroxyl groups is 2. The first-order chi connectivity index (χ1) is 33.5. The quantitative estimate of drug-likeness (QED) is 0.0556. The minimum Gasteiger partial charge on any atom is -0.497 e. The van der Waals surface area contributed by atoms with Gasteiger partial charge in [-0.15, -0.1) is 0 Å². The van der Waals surface area contributed by atoms with Crippen LogP contribution in [0.15, 0.2) is 182 Å². The summed E-state index contributed by atoms with van der Waals surface area (Å²) in [4.78, 5) is 28.2. The summed E-state index contributed by atoms with van der Waals surface area (Å²) in [5, 5.41) is 36.4. The zero-order chi connectivity index (χ0) is 48.4. The SMILES string of the molecule is COc1ccc(CC(O)(CNC(=O)CC(=O)NCC(O)(Cc2ccc(OC)cc2)C(c2ccc(OC)cc2)c2cccc3ccccc23)C(c2ccc(OC)cc2)c2cccc3ccccc23)cc1. The molecule has 0 heterocycles. The Morgan fingerprint density at radius 2 is 0.754 bits per heavy atom. The van der Waals surface area contributed by atoms with E-state index in [1.165, 1.54) is 0 Å². The van der Waals surface area contributed by atoms with Gasteiger partial charge in [0.15, 0.2) is 0 Å². The molecule has 352 valence electrons. The lowest BCUT2D eigenvalue weighted by Crippen LogP contribution is -2.51. The topological polar surface area (TPSA) is 136 Å². The number of carbonyl (C=O) groups is 2. The third-order valence-electron chi connectivity index (χ3n) is 13.1. The third kappa shape index (κ3) is 11.0. The molecule has 0 saturated heterocycles. The van der Waals surface area contributed by atoms with E-state index in [4.69, 9.17) is 18.9 Å². The Bertz CT molecular complexity index is 2780. The smallest absolute Gasteiger partial charge is 0.229 e. The Hall–Kier alpha value is -7.66. The fourth-order valence-electron chi connectivity index (χ4n) is 9.66. The van der Waals surface area contributed by atoms with E-state index in [1.54, 1.807) is 28.4 Å². The molecule has 0 spiro atoms. The highest BCUT2D eigenvalue weighted by molar-refractivity contribution is 5.97. The summed E-state index contributed by atoms with van der Waals surface area (Å²) < 4.78 is 21.9. The van der Waals surface area contributed by atoms with Crippen molar-refractivity contribution in [3.05, 3.63) is 215 Å². The molecule has 0 fully saturated rings. The van der Waals surface area contributed by atoms with Gasteiger partial charge in [-0.2, -0.15) is 0 Å². The summed E-state index contributed by atoms with van der Waals surface area (Å²) >= 11 is 0. The summed E-state index contributed by atoms with van der Waals surface area (Å²) in [6.07, 6.45) is -0.272. The second-order valence-corrected chi connectivity index (χ2v) is 17.5. The van der Waals surface area contributed by atoms with Gasteiger partial charge in [-0.25, -0.2) is 0 Å². The predicted molar refractivity (Wildman–Crippen MR) is 272 cm³/mol. The maximum Gasteiger partial charge on any atom is 0.229 e. The van der Waals surface area contributed by atoms with Gasteiger partial charge in [0.1, 0.15) is 29.4 Å². The van der Waals surface area contributed by atoms with E-state index >= 15 is 0 Å². The zero-order valence-electron chi connectivity index (χ0n) is 39.4. The molecule has 8 aromatic rings. The molecular weight excluding hydrogens is 865 g/mol. The van der Waals surface area contributed by atoms with E-state index in [1.807, 2.05) is 182 Å². The second kappa shape index (κ2) is 21.5. The van der Waals surface area contributed by atoms with Gasteiger partial charge in [-0.3, -0.25) is 9.59 Å². The Morgan fingerprint density at radius 3 is 1.10 bits per heavy atom. The van der Waals surface area contributed by atoms with Crippen LogP contribution in [0.1, 0.15) is 51.6 Å². The van der Waals surface area contributed by atoms with Crippen LogP contribution < -0.4 is 29.6 Å². The van der Waals surface area contributed by atoms with Crippen molar-refractivity contribution in [3.8, 4) is 23.0 Å². The van der Waals surface area contributed by atoms with Crippen molar-refractivity contribution in [2.24, 2.45) is 0 Å². The summed E-state index contributed by atoms with van der Waals surface area (Å²) in [7, 11) is 6.41. The molecule has 0 aliphatic carbocycles. The van der Waals surface area contributed by atoms with Gasteiger partial charge < -0.3 is 39.8 Å². The van der Waals surface area contributed by atoms with E-state index in [-0.39, 0.29) is 25.9 Å². The summed E-state index contributed by atoms with van der Waals surface area (Å²) in [6.45, 7) is -0.403. The largest absolute Gasteiger partial charge is 0.497 e. The lowest BCUT2D eigenvalue weighted by molar-refractivity contribution is -0.130. The van der Waals surface area contributed by atoms with Gasteiger partial charge in [0.05, 0.1) is 39.6 Å². The van der Waals surface area contributed by atoms with Gasteiger partial charge in [0.25, 0.3) is 0 Å². The second-order valence-electron chi connectivity index (χ2n) is 17.5. The van der Waals surface area contributed by atoms with Gasteiger partial charge >= 0.3 is 0 Å². The van der Waals surface area contributed by atoms with E-state index < -0.39 is 41.3 Å². The van der Waals surface area contributed by atoms with Crippen LogP contribution in [-0.4, -0.2) is 74.8 Å².